The van der Waals surface area contributed by atoms with Crippen LogP contribution >= 0.6 is 11.8 Å². The van der Waals surface area contributed by atoms with Crippen LogP contribution in [-0.2, 0) is 6.42 Å². The van der Waals surface area contributed by atoms with Gasteiger partial charge in [-0.1, -0.05) is 19.1 Å². The Morgan fingerprint density at radius 2 is 1.89 bits per heavy atom. The fourth-order valence-electron chi connectivity index (χ4n) is 2.02. The van der Waals surface area contributed by atoms with Crippen LogP contribution in [0.15, 0.2) is 24.3 Å². The van der Waals surface area contributed by atoms with Gasteiger partial charge in [-0.05, 0) is 61.9 Å². The molecule has 0 heterocycles. The number of rotatable bonds is 9. The molecule has 0 saturated heterocycles. The molecular formula is C16H27NOS. The van der Waals surface area contributed by atoms with Gasteiger partial charge in [0.05, 0.1) is 7.11 Å². The van der Waals surface area contributed by atoms with Gasteiger partial charge in [-0.3, -0.25) is 0 Å². The van der Waals surface area contributed by atoms with E-state index in [1.807, 2.05) is 23.9 Å². The number of thioether (sulfide) groups is 1. The first-order chi connectivity index (χ1) is 9.15. The molecule has 1 rings (SSSR count). The van der Waals surface area contributed by atoms with E-state index in [-0.39, 0.29) is 0 Å². The third-order valence-corrected chi connectivity index (χ3v) is 4.19. The van der Waals surface area contributed by atoms with Crippen LogP contribution in [-0.4, -0.2) is 31.7 Å². The second kappa shape index (κ2) is 9.27. The molecule has 0 bridgehead atoms. The molecule has 2 nitrogen and oxygen atoms in total. The summed E-state index contributed by atoms with van der Waals surface area (Å²) < 4.78 is 5.17. The summed E-state index contributed by atoms with van der Waals surface area (Å²) in [7, 11) is 1.71. The highest BCUT2D eigenvalue weighted by Crippen LogP contribution is 2.13. The van der Waals surface area contributed by atoms with Crippen LogP contribution in [0.4, 0.5) is 0 Å². The van der Waals surface area contributed by atoms with Crippen molar-refractivity contribution in [1.82, 2.24) is 5.32 Å². The lowest BCUT2D eigenvalue weighted by Crippen LogP contribution is -2.31. The van der Waals surface area contributed by atoms with Gasteiger partial charge in [0, 0.05) is 6.04 Å². The van der Waals surface area contributed by atoms with E-state index in [0.29, 0.717) is 6.04 Å². The maximum atomic E-state index is 5.17. The largest absolute Gasteiger partial charge is 0.497 e. The van der Waals surface area contributed by atoms with Crippen LogP contribution in [0.3, 0.4) is 0 Å². The fraction of sp³-hybridized carbons (Fsp3) is 0.625. The average molecular weight is 281 g/mol. The molecule has 0 radical (unpaired) electrons. The minimum atomic E-state index is 0.575. The van der Waals surface area contributed by atoms with E-state index >= 15 is 0 Å². The van der Waals surface area contributed by atoms with Gasteiger partial charge in [0.25, 0.3) is 0 Å². The lowest BCUT2D eigenvalue weighted by Gasteiger charge is -2.17. The summed E-state index contributed by atoms with van der Waals surface area (Å²) in [6, 6.07) is 8.96. The fourth-order valence-corrected chi connectivity index (χ4v) is 2.71. The molecule has 19 heavy (non-hydrogen) atoms. The van der Waals surface area contributed by atoms with Crippen LogP contribution in [0.5, 0.6) is 5.75 Å². The Bertz CT molecular complexity index is 339. The first-order valence-corrected chi connectivity index (χ1v) is 8.40. The normalized spacial score (nSPS) is 14.1. The van der Waals surface area contributed by atoms with Gasteiger partial charge in [-0.2, -0.15) is 11.8 Å². The second-order valence-corrected chi connectivity index (χ2v) is 6.17. The van der Waals surface area contributed by atoms with E-state index in [1.54, 1.807) is 7.11 Å². The average Bonchev–Trinajstić information content (AvgIpc) is 2.44. The molecule has 0 amide bonds. The third kappa shape index (κ3) is 6.88. The minimum absolute atomic E-state index is 0.575. The first-order valence-electron chi connectivity index (χ1n) is 7.01. The van der Waals surface area contributed by atoms with Gasteiger partial charge in [-0.25, -0.2) is 0 Å². The number of hydrogen-bond acceptors (Lipinski definition) is 3. The molecule has 3 heteroatoms. The van der Waals surface area contributed by atoms with E-state index < -0.39 is 0 Å². The Morgan fingerprint density at radius 1 is 1.21 bits per heavy atom. The number of benzene rings is 1. The first kappa shape index (κ1) is 16.4. The SMILES string of the molecule is COc1ccc(CCC(C)NCC(C)CSC)cc1. The van der Waals surface area contributed by atoms with Crippen molar-refractivity contribution in [2.45, 2.75) is 32.7 Å². The van der Waals surface area contributed by atoms with E-state index in [4.69, 9.17) is 4.74 Å². The molecule has 0 aliphatic heterocycles. The zero-order chi connectivity index (χ0) is 14.1. The Hall–Kier alpha value is -0.670. The number of ether oxygens (including phenoxy) is 1. The van der Waals surface area contributed by atoms with Crippen molar-refractivity contribution in [1.29, 1.82) is 0 Å². The standard InChI is InChI=1S/C16H27NOS/c1-13(12-19-4)11-17-14(2)5-6-15-7-9-16(18-3)10-8-15/h7-10,13-14,17H,5-6,11-12H2,1-4H3. The van der Waals surface area contributed by atoms with Crippen LogP contribution < -0.4 is 10.1 Å². The summed E-state index contributed by atoms with van der Waals surface area (Å²) >= 11 is 1.92. The van der Waals surface area contributed by atoms with Crippen LogP contribution in [0.25, 0.3) is 0 Å². The highest BCUT2D eigenvalue weighted by molar-refractivity contribution is 7.98. The highest BCUT2D eigenvalue weighted by Gasteiger charge is 2.05. The maximum Gasteiger partial charge on any atom is 0.118 e. The Kier molecular flexibility index (Phi) is 7.99. The minimum Gasteiger partial charge on any atom is -0.497 e. The summed E-state index contributed by atoms with van der Waals surface area (Å²) in [4.78, 5) is 0. The molecule has 2 atom stereocenters. The molecule has 1 aromatic carbocycles. The molecule has 2 unspecified atom stereocenters. The van der Waals surface area contributed by atoms with E-state index in [9.17, 15) is 0 Å². The Morgan fingerprint density at radius 3 is 2.47 bits per heavy atom. The number of methoxy groups -OCH3 is 1. The number of nitrogens with one attached hydrogen (secondary N) is 1. The molecule has 1 N–H and O–H groups in total. The van der Waals surface area contributed by atoms with Crippen molar-refractivity contribution in [3.05, 3.63) is 29.8 Å². The smallest absolute Gasteiger partial charge is 0.118 e. The van der Waals surface area contributed by atoms with E-state index in [2.05, 4.69) is 37.6 Å². The van der Waals surface area contributed by atoms with Crippen molar-refractivity contribution >= 4 is 11.8 Å². The topological polar surface area (TPSA) is 21.3 Å². The molecule has 0 aliphatic rings. The summed E-state index contributed by atoms with van der Waals surface area (Å²) in [5.41, 5.74) is 1.38. The van der Waals surface area contributed by atoms with Crippen LogP contribution in [0, 0.1) is 5.92 Å². The Labute approximate surface area is 122 Å². The van der Waals surface area contributed by atoms with Crippen LogP contribution in [0.2, 0.25) is 0 Å². The molecule has 0 saturated carbocycles. The molecule has 0 aliphatic carbocycles. The molecule has 108 valence electrons. The van der Waals surface area contributed by atoms with Gasteiger partial charge in [0.15, 0.2) is 0 Å². The predicted molar refractivity (Wildman–Crippen MR) is 86.3 cm³/mol. The van der Waals surface area contributed by atoms with Crippen molar-refractivity contribution in [2.75, 3.05) is 25.7 Å². The maximum absolute atomic E-state index is 5.17. The number of hydrogen-bond donors (Lipinski definition) is 1. The van der Waals surface area contributed by atoms with Gasteiger partial charge in [-0.15, -0.1) is 0 Å². The third-order valence-electron chi connectivity index (χ3n) is 3.29. The molecule has 0 fully saturated rings. The quantitative estimate of drug-likeness (QED) is 0.747. The zero-order valence-electron chi connectivity index (χ0n) is 12.6. The summed E-state index contributed by atoms with van der Waals surface area (Å²) in [5.74, 6) is 2.91. The van der Waals surface area contributed by atoms with Gasteiger partial charge in [0.2, 0.25) is 0 Å². The number of aryl methyl sites for hydroxylation is 1. The van der Waals surface area contributed by atoms with Crippen molar-refractivity contribution in [3.63, 3.8) is 0 Å². The summed E-state index contributed by atoms with van der Waals surface area (Å²) in [6.07, 6.45) is 4.47. The van der Waals surface area contributed by atoms with Crippen molar-refractivity contribution in [3.8, 4) is 5.75 Å². The predicted octanol–water partition coefficient (Wildman–Crippen LogP) is 3.61. The van der Waals surface area contributed by atoms with Crippen molar-refractivity contribution < 1.29 is 4.74 Å². The molecule has 0 aromatic heterocycles. The van der Waals surface area contributed by atoms with Gasteiger partial charge in [0.1, 0.15) is 5.75 Å². The molecule has 0 spiro atoms. The van der Waals surface area contributed by atoms with Crippen molar-refractivity contribution in [2.24, 2.45) is 5.92 Å². The zero-order valence-corrected chi connectivity index (χ0v) is 13.4. The highest BCUT2D eigenvalue weighted by atomic mass is 32.2. The molecule has 1 aromatic rings. The van der Waals surface area contributed by atoms with E-state index in [0.717, 1.165) is 24.6 Å². The Balaban J connectivity index is 2.23. The second-order valence-electron chi connectivity index (χ2n) is 5.26. The lowest BCUT2D eigenvalue weighted by atomic mass is 10.1. The van der Waals surface area contributed by atoms with E-state index in [1.165, 1.54) is 17.7 Å². The summed E-state index contributed by atoms with van der Waals surface area (Å²) in [6.45, 7) is 5.69. The lowest BCUT2D eigenvalue weighted by molar-refractivity contribution is 0.414. The van der Waals surface area contributed by atoms with Crippen LogP contribution in [0.1, 0.15) is 25.8 Å². The van der Waals surface area contributed by atoms with Gasteiger partial charge < -0.3 is 10.1 Å². The van der Waals surface area contributed by atoms with Gasteiger partial charge >= 0.3 is 0 Å². The molecular weight excluding hydrogens is 254 g/mol. The monoisotopic (exact) mass is 281 g/mol. The summed E-state index contributed by atoms with van der Waals surface area (Å²) in [5, 5.41) is 3.62.